The standard InChI is InChI=1S/C12H22BN2O3/c1-11(2,16)12(3,4)18-13-9-7-15(5)14-10(9)8-17-6/h7,16H,8H2,1-6H3. The van der Waals surface area contributed by atoms with Crippen LogP contribution in [0.2, 0.25) is 0 Å². The average molecular weight is 253 g/mol. The van der Waals surface area contributed by atoms with E-state index < -0.39 is 11.2 Å². The molecule has 0 spiro atoms. The van der Waals surface area contributed by atoms with Gasteiger partial charge in [-0.15, -0.1) is 0 Å². The van der Waals surface area contributed by atoms with Gasteiger partial charge in [-0.25, -0.2) is 0 Å². The lowest BCUT2D eigenvalue weighted by Gasteiger charge is -2.37. The molecule has 1 rings (SSSR count). The van der Waals surface area contributed by atoms with Crippen LogP contribution in [0.1, 0.15) is 33.4 Å². The average Bonchev–Trinajstić information content (AvgIpc) is 2.55. The zero-order valence-electron chi connectivity index (χ0n) is 12.0. The Kier molecular flexibility index (Phi) is 4.58. The Labute approximate surface area is 109 Å². The molecule has 0 bridgehead atoms. The zero-order chi connectivity index (χ0) is 14.0. The Bertz CT molecular complexity index is 397. The molecule has 0 amide bonds. The first-order valence-electron chi connectivity index (χ1n) is 5.92. The summed E-state index contributed by atoms with van der Waals surface area (Å²) in [7, 11) is 5.09. The van der Waals surface area contributed by atoms with E-state index in [1.807, 2.05) is 27.1 Å². The molecule has 1 heterocycles. The summed E-state index contributed by atoms with van der Waals surface area (Å²) in [6, 6.07) is 0. The largest absolute Gasteiger partial charge is 0.426 e. The van der Waals surface area contributed by atoms with Crippen molar-refractivity contribution in [1.29, 1.82) is 0 Å². The van der Waals surface area contributed by atoms with Crippen molar-refractivity contribution in [2.24, 2.45) is 7.05 Å². The second kappa shape index (κ2) is 5.42. The molecule has 0 saturated carbocycles. The highest BCUT2D eigenvalue weighted by molar-refractivity contribution is 6.47. The number of ether oxygens (including phenoxy) is 1. The molecule has 6 heteroatoms. The number of hydrogen-bond acceptors (Lipinski definition) is 4. The molecule has 0 atom stereocenters. The number of aryl methyl sites for hydroxylation is 1. The number of rotatable bonds is 6. The maximum atomic E-state index is 10.0. The fraction of sp³-hybridized carbons (Fsp3) is 0.750. The van der Waals surface area contributed by atoms with Crippen LogP contribution in [-0.4, -0.2) is 40.7 Å². The SMILES string of the molecule is COCc1nn(C)cc1[B]OC(C)(C)C(C)(C)O. The van der Waals surface area contributed by atoms with Gasteiger partial charge in [0.1, 0.15) is 0 Å². The minimum atomic E-state index is -0.937. The van der Waals surface area contributed by atoms with Crippen LogP contribution >= 0.6 is 0 Å². The molecule has 1 N–H and O–H groups in total. The van der Waals surface area contributed by atoms with E-state index >= 15 is 0 Å². The summed E-state index contributed by atoms with van der Waals surface area (Å²) in [6.45, 7) is 7.56. The van der Waals surface area contributed by atoms with Gasteiger partial charge in [0.25, 0.3) is 0 Å². The maximum Gasteiger partial charge on any atom is 0.334 e. The van der Waals surface area contributed by atoms with Crippen molar-refractivity contribution in [2.45, 2.75) is 45.5 Å². The first kappa shape index (κ1) is 15.2. The molecule has 0 aliphatic heterocycles. The first-order chi connectivity index (χ1) is 8.17. The molecule has 1 radical (unpaired) electrons. The molecule has 0 aromatic carbocycles. The highest BCUT2D eigenvalue weighted by Gasteiger charge is 2.36. The highest BCUT2D eigenvalue weighted by atomic mass is 16.5. The summed E-state index contributed by atoms with van der Waals surface area (Å²) < 4.78 is 12.5. The Balaban J connectivity index is 2.74. The summed E-state index contributed by atoms with van der Waals surface area (Å²) in [5, 5.41) is 14.3. The van der Waals surface area contributed by atoms with Gasteiger partial charge in [-0.05, 0) is 33.2 Å². The van der Waals surface area contributed by atoms with E-state index in [9.17, 15) is 5.11 Å². The van der Waals surface area contributed by atoms with Crippen molar-refractivity contribution < 1.29 is 14.5 Å². The fourth-order valence-corrected chi connectivity index (χ4v) is 1.26. The molecule has 1 aromatic rings. The van der Waals surface area contributed by atoms with Gasteiger partial charge in [0.15, 0.2) is 0 Å². The third-order valence-corrected chi connectivity index (χ3v) is 3.17. The predicted molar refractivity (Wildman–Crippen MR) is 70.8 cm³/mol. The third kappa shape index (κ3) is 3.57. The van der Waals surface area contributed by atoms with E-state index in [0.29, 0.717) is 6.61 Å². The molecule has 5 nitrogen and oxygen atoms in total. The molecule has 1 aromatic heterocycles. The first-order valence-corrected chi connectivity index (χ1v) is 5.92. The van der Waals surface area contributed by atoms with Gasteiger partial charge in [0, 0.05) is 20.4 Å². The van der Waals surface area contributed by atoms with Gasteiger partial charge >= 0.3 is 7.48 Å². The minimum absolute atomic E-state index is 0.430. The van der Waals surface area contributed by atoms with Crippen LogP contribution in [0.15, 0.2) is 6.20 Å². The van der Waals surface area contributed by atoms with Crippen molar-refractivity contribution in [3.05, 3.63) is 11.9 Å². The van der Waals surface area contributed by atoms with Crippen molar-refractivity contribution in [3.63, 3.8) is 0 Å². The molecule has 101 valence electrons. The van der Waals surface area contributed by atoms with Crippen molar-refractivity contribution in [3.8, 4) is 0 Å². The van der Waals surface area contributed by atoms with E-state index in [2.05, 4.69) is 5.10 Å². The monoisotopic (exact) mass is 253 g/mol. The molecule has 0 fully saturated rings. The second-order valence-electron chi connectivity index (χ2n) is 5.44. The molecule has 0 saturated heterocycles. The number of methoxy groups -OCH3 is 1. The lowest BCUT2D eigenvalue weighted by molar-refractivity contribution is -0.0893. The van der Waals surface area contributed by atoms with E-state index in [-0.39, 0.29) is 0 Å². The van der Waals surface area contributed by atoms with Crippen molar-refractivity contribution in [2.75, 3.05) is 7.11 Å². The maximum absolute atomic E-state index is 10.0. The molecule has 0 aliphatic rings. The van der Waals surface area contributed by atoms with Crippen LogP contribution in [0.5, 0.6) is 0 Å². The van der Waals surface area contributed by atoms with E-state index in [4.69, 9.17) is 9.39 Å². The van der Waals surface area contributed by atoms with E-state index in [0.717, 1.165) is 11.2 Å². The van der Waals surface area contributed by atoms with Crippen LogP contribution in [0, 0.1) is 0 Å². The summed E-state index contributed by atoms with van der Waals surface area (Å²) >= 11 is 0. The second-order valence-corrected chi connectivity index (χ2v) is 5.44. The molecular formula is C12H22BN2O3. The normalized spacial score (nSPS) is 12.8. The van der Waals surface area contributed by atoms with Crippen LogP contribution in [0.25, 0.3) is 0 Å². The van der Waals surface area contributed by atoms with E-state index in [1.165, 1.54) is 0 Å². The summed E-state index contributed by atoms with van der Waals surface area (Å²) in [5.74, 6) is 0. The Morgan fingerprint density at radius 2 is 2.00 bits per heavy atom. The minimum Gasteiger partial charge on any atom is -0.426 e. The number of aromatic nitrogens is 2. The van der Waals surface area contributed by atoms with Gasteiger partial charge < -0.3 is 14.5 Å². The third-order valence-electron chi connectivity index (χ3n) is 3.17. The van der Waals surface area contributed by atoms with Crippen molar-refractivity contribution >= 4 is 12.9 Å². The summed E-state index contributed by atoms with van der Waals surface area (Å²) in [5.41, 5.74) is 0.0450. The van der Waals surface area contributed by atoms with Gasteiger partial charge in [-0.3, -0.25) is 4.68 Å². The van der Waals surface area contributed by atoms with Crippen molar-refractivity contribution in [1.82, 2.24) is 9.78 Å². The summed E-state index contributed by atoms with van der Waals surface area (Å²) in [4.78, 5) is 0. The smallest absolute Gasteiger partial charge is 0.334 e. The van der Waals surface area contributed by atoms with Crippen LogP contribution in [-0.2, 0) is 23.0 Å². The van der Waals surface area contributed by atoms with Crippen LogP contribution in [0.4, 0.5) is 0 Å². The number of aliphatic hydroxyl groups is 1. The predicted octanol–water partition coefficient (Wildman–Crippen LogP) is 0.377. The number of nitrogens with zero attached hydrogens (tertiary/aromatic N) is 2. The number of hydrogen-bond donors (Lipinski definition) is 1. The zero-order valence-corrected chi connectivity index (χ0v) is 12.0. The lowest BCUT2D eigenvalue weighted by Crippen LogP contribution is -2.49. The molecule has 0 unspecified atom stereocenters. The van der Waals surface area contributed by atoms with E-state index in [1.54, 1.807) is 33.1 Å². The highest BCUT2D eigenvalue weighted by Crippen LogP contribution is 2.24. The van der Waals surface area contributed by atoms with Gasteiger partial charge in [-0.1, -0.05) is 0 Å². The molecule has 0 aliphatic carbocycles. The Morgan fingerprint density at radius 3 is 2.50 bits per heavy atom. The van der Waals surface area contributed by atoms with Gasteiger partial charge in [0.2, 0.25) is 0 Å². The molecular weight excluding hydrogens is 231 g/mol. The topological polar surface area (TPSA) is 56.5 Å². The summed E-state index contributed by atoms with van der Waals surface area (Å²) in [6.07, 6.45) is 1.86. The van der Waals surface area contributed by atoms with Crippen LogP contribution in [0.3, 0.4) is 0 Å². The quantitative estimate of drug-likeness (QED) is 0.744. The lowest BCUT2D eigenvalue weighted by atomic mass is 9.83. The Morgan fingerprint density at radius 1 is 1.39 bits per heavy atom. The van der Waals surface area contributed by atoms with Gasteiger partial charge in [0.05, 0.1) is 23.5 Å². The molecule has 18 heavy (non-hydrogen) atoms. The van der Waals surface area contributed by atoms with Gasteiger partial charge in [-0.2, -0.15) is 5.10 Å². The Hall–Kier alpha value is -0.845. The fourth-order valence-electron chi connectivity index (χ4n) is 1.26. The van der Waals surface area contributed by atoms with Crippen LogP contribution < -0.4 is 5.46 Å².